The molecule has 1 aliphatic heterocycles. The molecule has 0 radical (unpaired) electrons. The maximum Gasteiger partial charge on any atom is 0.326 e. The minimum atomic E-state index is -1.06. The van der Waals surface area contributed by atoms with Crippen LogP contribution in [0.4, 0.5) is 0 Å². The van der Waals surface area contributed by atoms with E-state index in [0.717, 1.165) is 0 Å². The van der Waals surface area contributed by atoms with Gasteiger partial charge in [0.05, 0.1) is 12.2 Å². The molecule has 1 saturated heterocycles. The average Bonchev–Trinajstić information content (AvgIpc) is 2.67. The Balaban J connectivity index is 2.52. The Bertz CT molecular complexity index is 294. The van der Waals surface area contributed by atoms with E-state index < -0.39 is 18.1 Å². The van der Waals surface area contributed by atoms with Gasteiger partial charge in [0, 0.05) is 26.5 Å². The minimum Gasteiger partial charge on any atom is -0.480 e. The molecular formula is C11H19NO5. The van der Waals surface area contributed by atoms with Crippen molar-refractivity contribution in [2.75, 3.05) is 13.7 Å². The fourth-order valence-electron chi connectivity index (χ4n) is 1.91. The zero-order valence-electron chi connectivity index (χ0n) is 10.1. The van der Waals surface area contributed by atoms with Crippen LogP contribution in [0, 0.1) is 0 Å². The Labute approximate surface area is 100 Å². The van der Waals surface area contributed by atoms with E-state index in [1.807, 2.05) is 6.92 Å². The summed E-state index contributed by atoms with van der Waals surface area (Å²) in [5.41, 5.74) is 0. The van der Waals surface area contributed by atoms with Crippen LogP contribution in [0.1, 0.15) is 26.2 Å². The molecule has 0 aliphatic carbocycles. The van der Waals surface area contributed by atoms with Gasteiger partial charge in [0.25, 0.3) is 0 Å². The van der Waals surface area contributed by atoms with Gasteiger partial charge in [-0.3, -0.25) is 4.79 Å². The number of aliphatic carboxylic acids is 1. The van der Waals surface area contributed by atoms with E-state index in [9.17, 15) is 14.7 Å². The summed E-state index contributed by atoms with van der Waals surface area (Å²) in [4.78, 5) is 24.0. The van der Waals surface area contributed by atoms with Crippen LogP contribution in [0.2, 0.25) is 0 Å². The number of hydrogen-bond donors (Lipinski definition) is 2. The highest BCUT2D eigenvalue weighted by molar-refractivity contribution is 5.84. The molecule has 0 aromatic rings. The molecule has 6 nitrogen and oxygen atoms in total. The monoisotopic (exact) mass is 245 g/mol. The summed E-state index contributed by atoms with van der Waals surface area (Å²) in [6.45, 7) is 1.96. The van der Waals surface area contributed by atoms with Crippen molar-refractivity contribution in [1.29, 1.82) is 0 Å². The van der Waals surface area contributed by atoms with Gasteiger partial charge in [0.1, 0.15) is 6.04 Å². The number of amides is 1. The number of rotatable bonds is 5. The third kappa shape index (κ3) is 3.67. The zero-order valence-corrected chi connectivity index (χ0v) is 10.1. The van der Waals surface area contributed by atoms with Gasteiger partial charge < -0.3 is 19.8 Å². The number of methoxy groups -OCH3 is 1. The van der Waals surface area contributed by atoms with Gasteiger partial charge in [-0.25, -0.2) is 4.79 Å². The van der Waals surface area contributed by atoms with Crippen molar-refractivity contribution in [3.05, 3.63) is 0 Å². The van der Waals surface area contributed by atoms with Crippen molar-refractivity contribution in [1.82, 2.24) is 4.90 Å². The number of nitrogens with zero attached hydrogens (tertiary/aromatic N) is 1. The van der Waals surface area contributed by atoms with Crippen LogP contribution in [0.5, 0.6) is 0 Å². The molecule has 0 saturated carbocycles. The Morgan fingerprint density at radius 2 is 2.18 bits per heavy atom. The second-order valence-electron chi connectivity index (χ2n) is 4.37. The third-order valence-electron chi connectivity index (χ3n) is 3.05. The predicted octanol–water partition coefficient (Wildman–Crippen LogP) is -0.152. The molecule has 3 atom stereocenters. The predicted molar refractivity (Wildman–Crippen MR) is 59.5 cm³/mol. The first-order chi connectivity index (χ1) is 7.95. The molecule has 1 fully saturated rings. The smallest absolute Gasteiger partial charge is 0.326 e. The number of hydrogen-bond acceptors (Lipinski definition) is 4. The Morgan fingerprint density at radius 1 is 1.53 bits per heavy atom. The summed E-state index contributed by atoms with van der Waals surface area (Å²) in [5, 5.41) is 18.4. The lowest BCUT2D eigenvalue weighted by atomic mass is 10.1. The highest BCUT2D eigenvalue weighted by Gasteiger charge is 2.38. The van der Waals surface area contributed by atoms with Gasteiger partial charge in [0.2, 0.25) is 5.91 Å². The van der Waals surface area contributed by atoms with Gasteiger partial charge in [-0.1, -0.05) is 0 Å². The number of carbonyl (C=O) groups excluding carboxylic acids is 1. The average molecular weight is 245 g/mol. The summed E-state index contributed by atoms with van der Waals surface area (Å²) < 4.78 is 5.02. The second-order valence-corrected chi connectivity index (χ2v) is 4.37. The Kier molecular flexibility index (Phi) is 4.89. The zero-order chi connectivity index (χ0) is 13.0. The number of aliphatic hydroxyl groups is 1. The highest BCUT2D eigenvalue weighted by atomic mass is 16.5. The van der Waals surface area contributed by atoms with Crippen LogP contribution in [-0.4, -0.2) is 58.9 Å². The SMILES string of the molecule is COC(C)CCC(=O)N1C[C@H](O)C[C@@H]1C(=O)O. The van der Waals surface area contributed by atoms with Crippen LogP contribution in [-0.2, 0) is 14.3 Å². The normalized spacial score (nSPS) is 25.9. The number of likely N-dealkylation sites (tertiary alicyclic amines) is 1. The summed E-state index contributed by atoms with van der Waals surface area (Å²) in [5.74, 6) is -1.30. The van der Waals surface area contributed by atoms with Crippen molar-refractivity contribution < 1.29 is 24.5 Å². The third-order valence-corrected chi connectivity index (χ3v) is 3.05. The van der Waals surface area contributed by atoms with E-state index >= 15 is 0 Å². The van der Waals surface area contributed by atoms with Crippen LogP contribution in [0.3, 0.4) is 0 Å². The van der Waals surface area contributed by atoms with Crippen molar-refractivity contribution in [2.24, 2.45) is 0 Å². The van der Waals surface area contributed by atoms with Crippen LogP contribution in [0.15, 0.2) is 0 Å². The first-order valence-corrected chi connectivity index (χ1v) is 5.68. The van der Waals surface area contributed by atoms with Crippen LogP contribution < -0.4 is 0 Å². The van der Waals surface area contributed by atoms with Gasteiger partial charge in [0.15, 0.2) is 0 Å². The fourth-order valence-corrected chi connectivity index (χ4v) is 1.91. The first-order valence-electron chi connectivity index (χ1n) is 5.68. The maximum atomic E-state index is 11.8. The number of carboxylic acids is 1. The Morgan fingerprint density at radius 3 is 2.71 bits per heavy atom. The second kappa shape index (κ2) is 5.97. The summed E-state index contributed by atoms with van der Waals surface area (Å²) in [7, 11) is 1.56. The van der Waals surface area contributed by atoms with E-state index in [1.165, 1.54) is 4.90 Å². The molecule has 0 aromatic carbocycles. The summed E-state index contributed by atoms with van der Waals surface area (Å²) >= 11 is 0. The van der Waals surface area contributed by atoms with Crippen LogP contribution in [0.25, 0.3) is 0 Å². The van der Waals surface area contributed by atoms with Crippen molar-refractivity contribution in [3.63, 3.8) is 0 Å². The van der Waals surface area contributed by atoms with Gasteiger partial charge in [-0.15, -0.1) is 0 Å². The number of β-amino-alcohol motifs (C(OH)–C–C–N with tert-alkyl or cyclic N) is 1. The van der Waals surface area contributed by atoms with Crippen molar-refractivity contribution in [2.45, 2.75) is 44.4 Å². The lowest BCUT2D eigenvalue weighted by Gasteiger charge is -2.21. The van der Waals surface area contributed by atoms with Crippen LogP contribution >= 0.6 is 0 Å². The molecule has 0 bridgehead atoms. The number of aliphatic hydroxyl groups excluding tert-OH is 1. The molecule has 1 unspecified atom stereocenters. The molecule has 0 aromatic heterocycles. The molecule has 1 amide bonds. The molecule has 2 N–H and O–H groups in total. The highest BCUT2D eigenvalue weighted by Crippen LogP contribution is 2.20. The molecule has 1 heterocycles. The standard InChI is InChI=1S/C11H19NO5/c1-7(17-2)3-4-10(14)12-6-8(13)5-9(12)11(15)16/h7-9,13H,3-6H2,1-2H3,(H,15,16)/t7?,8-,9-/m1/s1. The molecule has 6 heteroatoms. The molecular weight excluding hydrogens is 226 g/mol. The van der Waals surface area contributed by atoms with E-state index in [2.05, 4.69) is 0 Å². The Hall–Kier alpha value is -1.14. The minimum absolute atomic E-state index is 0.0326. The molecule has 0 spiro atoms. The quantitative estimate of drug-likeness (QED) is 0.703. The van der Waals surface area contributed by atoms with E-state index in [4.69, 9.17) is 9.84 Å². The topological polar surface area (TPSA) is 87.1 Å². The largest absolute Gasteiger partial charge is 0.480 e. The van der Waals surface area contributed by atoms with E-state index in [-0.39, 0.29) is 31.4 Å². The lowest BCUT2D eigenvalue weighted by molar-refractivity contribution is -0.148. The molecule has 1 aliphatic rings. The lowest BCUT2D eigenvalue weighted by Crippen LogP contribution is -2.40. The van der Waals surface area contributed by atoms with Crippen molar-refractivity contribution in [3.8, 4) is 0 Å². The molecule has 17 heavy (non-hydrogen) atoms. The van der Waals surface area contributed by atoms with E-state index in [1.54, 1.807) is 7.11 Å². The first kappa shape index (κ1) is 13.9. The summed E-state index contributed by atoms with van der Waals surface area (Å²) in [6, 6.07) is -0.893. The maximum absolute atomic E-state index is 11.8. The number of ether oxygens (including phenoxy) is 1. The van der Waals surface area contributed by atoms with Crippen molar-refractivity contribution >= 4 is 11.9 Å². The molecule has 98 valence electrons. The number of carboxylic acid groups (broad SMARTS) is 1. The van der Waals surface area contributed by atoms with Gasteiger partial charge in [-0.2, -0.15) is 0 Å². The summed E-state index contributed by atoms with van der Waals surface area (Å²) in [6.07, 6.45) is 0.135. The fraction of sp³-hybridized carbons (Fsp3) is 0.818. The van der Waals surface area contributed by atoms with E-state index in [0.29, 0.717) is 6.42 Å². The van der Waals surface area contributed by atoms with Gasteiger partial charge in [-0.05, 0) is 13.3 Å². The van der Waals surface area contributed by atoms with Gasteiger partial charge >= 0.3 is 5.97 Å². The number of carbonyl (C=O) groups is 2. The molecule has 1 rings (SSSR count).